The Hall–Kier alpha value is -6.44. The van der Waals surface area contributed by atoms with E-state index in [0.717, 1.165) is 0 Å². The van der Waals surface area contributed by atoms with E-state index in [2.05, 4.69) is 0 Å². The molecular formula is C48H30O. The molecule has 0 aliphatic heterocycles. The van der Waals surface area contributed by atoms with Gasteiger partial charge in [-0.25, -0.2) is 0 Å². The van der Waals surface area contributed by atoms with Gasteiger partial charge >= 0.3 is 0 Å². The largest absolute Gasteiger partial charge is 0.456 e. The van der Waals surface area contributed by atoms with Crippen molar-refractivity contribution in [2.24, 2.45) is 0 Å². The summed E-state index contributed by atoms with van der Waals surface area (Å²) in [5, 5.41) is 1.33. The van der Waals surface area contributed by atoms with Crippen molar-refractivity contribution < 1.29 is 27.7 Å². The molecule has 1 nitrogen and oxygen atoms in total. The maximum Gasteiger partial charge on any atom is 0.136 e. The van der Waals surface area contributed by atoms with Crippen molar-refractivity contribution in [1.29, 1.82) is 0 Å². The van der Waals surface area contributed by atoms with E-state index in [1.807, 2.05) is 0 Å². The SMILES string of the molecule is [2H]c1c([2H])c([2H])c(-c2c([2H])c([2H])c3c(oc4c([2H])c([2H])c([2H])c(-c5c6ccccc6c(-c6c([2H])c(-c7ccccc7)c([2H])c7c([2H])c([2H])c([2H])c([2H])c67)c6ccccc56)c43)c2[2H])c([2H])c1[2H]. The molecule has 0 aliphatic rings. The molecule has 9 aromatic carbocycles. The monoisotopic (exact) mass is 639 g/mol. The predicted molar refractivity (Wildman–Crippen MR) is 208 cm³/mol. The van der Waals surface area contributed by atoms with Crippen LogP contribution in [0.1, 0.15) is 23.3 Å². The first-order chi connectivity index (χ1) is 31.4. The fourth-order valence-electron chi connectivity index (χ4n) is 6.68. The summed E-state index contributed by atoms with van der Waals surface area (Å²) in [6.07, 6.45) is 0. The third-order valence-corrected chi connectivity index (χ3v) is 8.75. The molecule has 0 aliphatic carbocycles. The van der Waals surface area contributed by atoms with Gasteiger partial charge in [0.2, 0.25) is 0 Å². The van der Waals surface area contributed by atoms with Crippen LogP contribution in [-0.2, 0) is 0 Å². The molecule has 0 N–H and O–H groups in total. The standard InChI is InChI=1S/C48H30O/c1-3-14-31(15-4-1)33-26-27-41-45(30-33)49-44-25-13-24-42(48(41)44)46-37-20-9-11-22-39(37)47(40-23-12-10-21-38(40)46)43-29-35(32-16-5-2-6-17-32)28-34-18-7-8-19-36(34)43/h1-30H/i1D,3D,4D,7D,8D,13D,14D,15D,18D,19D,24D,25D,26D,27D,28D,29D,30D. The summed E-state index contributed by atoms with van der Waals surface area (Å²) in [7, 11) is 0. The number of furan rings is 1. The van der Waals surface area contributed by atoms with Crippen LogP contribution in [0.5, 0.6) is 0 Å². The highest BCUT2D eigenvalue weighted by atomic mass is 16.3. The Morgan fingerprint density at radius 1 is 0.367 bits per heavy atom. The highest BCUT2D eigenvalue weighted by molar-refractivity contribution is 6.27. The number of benzene rings is 9. The van der Waals surface area contributed by atoms with E-state index >= 15 is 0 Å². The summed E-state index contributed by atoms with van der Waals surface area (Å²) in [6, 6.07) is 13.1. The van der Waals surface area contributed by atoms with Crippen LogP contribution < -0.4 is 0 Å². The van der Waals surface area contributed by atoms with Crippen LogP contribution in [0.4, 0.5) is 0 Å². The van der Waals surface area contributed by atoms with Gasteiger partial charge in [0, 0.05) is 10.8 Å². The van der Waals surface area contributed by atoms with Gasteiger partial charge in [0.25, 0.3) is 0 Å². The molecule has 1 aromatic heterocycles. The summed E-state index contributed by atoms with van der Waals surface area (Å²) in [6.45, 7) is 0. The zero-order chi connectivity index (χ0) is 47.1. The number of hydrogen-bond acceptors (Lipinski definition) is 1. The first-order valence-corrected chi connectivity index (χ1v) is 15.5. The smallest absolute Gasteiger partial charge is 0.136 e. The number of hydrogen-bond donors (Lipinski definition) is 0. The Kier molecular flexibility index (Phi) is 3.54. The van der Waals surface area contributed by atoms with Crippen molar-refractivity contribution in [1.82, 2.24) is 0 Å². The first kappa shape index (κ1) is 15.6. The summed E-state index contributed by atoms with van der Waals surface area (Å²) in [4.78, 5) is 0. The third-order valence-electron chi connectivity index (χ3n) is 8.75. The molecule has 10 aromatic rings. The maximum absolute atomic E-state index is 9.90. The minimum Gasteiger partial charge on any atom is -0.456 e. The normalized spacial score (nSPS) is 16.5. The molecule has 0 radical (unpaired) electrons. The van der Waals surface area contributed by atoms with Crippen LogP contribution in [0.25, 0.3) is 98.8 Å². The fourth-order valence-corrected chi connectivity index (χ4v) is 6.68. The van der Waals surface area contributed by atoms with Crippen molar-refractivity contribution in [3.05, 3.63) is 182 Å². The van der Waals surface area contributed by atoms with Crippen LogP contribution in [0.2, 0.25) is 0 Å². The lowest BCUT2D eigenvalue weighted by molar-refractivity contribution is 0.669. The maximum atomic E-state index is 9.90. The minimum atomic E-state index is -0.713. The van der Waals surface area contributed by atoms with Gasteiger partial charge in [-0.1, -0.05) is 151 Å². The van der Waals surface area contributed by atoms with Gasteiger partial charge in [-0.2, -0.15) is 0 Å². The van der Waals surface area contributed by atoms with E-state index < -0.39 is 102 Å². The first-order valence-electron chi connectivity index (χ1n) is 24.0. The molecule has 49 heavy (non-hydrogen) atoms. The van der Waals surface area contributed by atoms with Crippen molar-refractivity contribution in [3.63, 3.8) is 0 Å². The Bertz CT molecular complexity index is 3760. The van der Waals surface area contributed by atoms with E-state index in [0.29, 0.717) is 38.2 Å². The van der Waals surface area contributed by atoms with Crippen LogP contribution >= 0.6 is 0 Å². The van der Waals surface area contributed by atoms with Gasteiger partial charge < -0.3 is 4.42 Å². The molecule has 1 heteroatoms. The van der Waals surface area contributed by atoms with Crippen LogP contribution in [-0.4, -0.2) is 0 Å². The summed E-state index contributed by atoms with van der Waals surface area (Å²) in [5.41, 5.74) is -0.240. The molecule has 0 atom stereocenters. The second-order valence-corrected chi connectivity index (χ2v) is 11.5. The van der Waals surface area contributed by atoms with Gasteiger partial charge in [-0.3, -0.25) is 0 Å². The zero-order valence-electron chi connectivity index (χ0n) is 42.4. The highest BCUT2D eigenvalue weighted by Crippen LogP contribution is 2.48. The molecule has 0 saturated carbocycles. The predicted octanol–water partition coefficient (Wildman–Crippen LogP) is 13.7. The quantitative estimate of drug-likeness (QED) is 0.175. The van der Waals surface area contributed by atoms with Crippen molar-refractivity contribution >= 4 is 54.3 Å². The minimum absolute atomic E-state index is 0.00379. The second kappa shape index (κ2) is 11.1. The lowest BCUT2D eigenvalue weighted by atomic mass is 9.83. The molecule has 10 rings (SSSR count). The topological polar surface area (TPSA) is 13.1 Å². The van der Waals surface area contributed by atoms with Crippen LogP contribution in [0, 0.1) is 0 Å². The zero-order valence-corrected chi connectivity index (χ0v) is 25.4. The van der Waals surface area contributed by atoms with Gasteiger partial charge in [-0.15, -0.1) is 0 Å². The molecular weight excluding hydrogens is 593 g/mol. The van der Waals surface area contributed by atoms with Gasteiger partial charge in [0.1, 0.15) is 11.2 Å². The van der Waals surface area contributed by atoms with E-state index in [1.54, 1.807) is 78.9 Å². The van der Waals surface area contributed by atoms with E-state index in [4.69, 9.17) is 18.1 Å². The Morgan fingerprint density at radius 2 is 1.02 bits per heavy atom. The molecule has 1 heterocycles. The molecule has 0 saturated heterocycles. The lowest BCUT2D eigenvalue weighted by Crippen LogP contribution is -1.93. The van der Waals surface area contributed by atoms with Gasteiger partial charge in [0.15, 0.2) is 0 Å². The van der Waals surface area contributed by atoms with Gasteiger partial charge in [0.05, 0.1) is 23.3 Å². The number of rotatable bonds is 4. The third kappa shape index (κ3) is 4.40. The summed E-state index contributed by atoms with van der Waals surface area (Å²) in [5.74, 6) is 0. The molecule has 0 amide bonds. The van der Waals surface area contributed by atoms with E-state index in [9.17, 15) is 9.60 Å². The Labute approximate surface area is 308 Å². The Morgan fingerprint density at radius 3 is 1.76 bits per heavy atom. The molecule has 0 unspecified atom stereocenters. The van der Waals surface area contributed by atoms with Gasteiger partial charge in [-0.05, 0) is 107 Å². The van der Waals surface area contributed by atoms with Crippen molar-refractivity contribution in [2.75, 3.05) is 0 Å². The van der Waals surface area contributed by atoms with E-state index in [-0.39, 0.29) is 61.5 Å². The number of fused-ring (bicyclic) bond motifs is 6. The van der Waals surface area contributed by atoms with Crippen molar-refractivity contribution in [2.45, 2.75) is 0 Å². The summed E-state index contributed by atoms with van der Waals surface area (Å²) >= 11 is 0. The Balaban J connectivity index is 1.41. The molecule has 228 valence electrons. The fraction of sp³-hybridized carbons (Fsp3) is 0. The molecule has 0 bridgehead atoms. The average molecular weight is 640 g/mol. The second-order valence-electron chi connectivity index (χ2n) is 11.5. The highest BCUT2D eigenvalue weighted by Gasteiger charge is 2.21. The van der Waals surface area contributed by atoms with Crippen molar-refractivity contribution in [3.8, 4) is 44.5 Å². The van der Waals surface area contributed by atoms with E-state index in [1.165, 1.54) is 0 Å². The van der Waals surface area contributed by atoms with Crippen LogP contribution in [0.3, 0.4) is 0 Å². The molecule has 0 spiro atoms. The lowest BCUT2D eigenvalue weighted by Gasteiger charge is -2.20. The molecule has 0 fully saturated rings. The van der Waals surface area contributed by atoms with Crippen LogP contribution in [0.15, 0.2) is 186 Å². The summed E-state index contributed by atoms with van der Waals surface area (Å²) < 4.78 is 159. The average Bonchev–Trinajstić information content (AvgIpc) is 3.72.